The molecular weight excluding hydrogens is 252 g/mol. The lowest BCUT2D eigenvalue weighted by molar-refractivity contribution is 0.565. The highest BCUT2D eigenvalue weighted by atomic mass is 79.9. The van der Waals surface area contributed by atoms with Crippen molar-refractivity contribution >= 4 is 25.8 Å². The Morgan fingerprint density at radius 3 is 2.54 bits per heavy atom. The molecule has 0 atom stereocenters. The molecule has 1 heterocycles. The summed E-state index contributed by atoms with van der Waals surface area (Å²) in [6.45, 7) is 0. The molecule has 0 radical (unpaired) electrons. The van der Waals surface area contributed by atoms with Gasteiger partial charge in [0.1, 0.15) is 0 Å². The van der Waals surface area contributed by atoms with Crippen molar-refractivity contribution in [2.75, 3.05) is 11.5 Å². The number of hydrogen-bond acceptors (Lipinski definition) is 2. The molecule has 4 heteroatoms. The number of sulfone groups is 1. The van der Waals surface area contributed by atoms with Crippen molar-refractivity contribution in [1.29, 1.82) is 0 Å². The van der Waals surface area contributed by atoms with Crippen LogP contribution in [0.2, 0.25) is 0 Å². The van der Waals surface area contributed by atoms with E-state index in [-0.39, 0.29) is 5.92 Å². The van der Waals surface area contributed by atoms with Gasteiger partial charge in [-0.25, -0.2) is 8.42 Å². The fourth-order valence-electron chi connectivity index (χ4n) is 1.52. The minimum atomic E-state index is -2.71. The zero-order valence-electron chi connectivity index (χ0n) is 6.90. The second kappa shape index (κ2) is 3.10. The van der Waals surface area contributed by atoms with Gasteiger partial charge in [-0.15, -0.1) is 0 Å². The van der Waals surface area contributed by atoms with E-state index >= 15 is 0 Å². The number of halogens is 1. The predicted molar refractivity (Wildman–Crippen MR) is 55.5 cm³/mol. The van der Waals surface area contributed by atoms with Crippen LogP contribution < -0.4 is 0 Å². The van der Waals surface area contributed by atoms with Crippen molar-refractivity contribution in [3.8, 4) is 0 Å². The molecule has 0 aliphatic carbocycles. The molecule has 1 saturated heterocycles. The smallest absolute Gasteiger partial charge is 0.151 e. The number of benzene rings is 1. The average molecular weight is 261 g/mol. The standard InChI is InChI=1S/C9H9BrO2S/c10-9-3-1-2-7(4-9)8-5-13(11,12)6-8/h1-4,8H,5-6H2. The van der Waals surface area contributed by atoms with Gasteiger partial charge >= 0.3 is 0 Å². The van der Waals surface area contributed by atoms with Crippen LogP contribution in [0.4, 0.5) is 0 Å². The summed E-state index contributed by atoms with van der Waals surface area (Å²) in [6, 6.07) is 7.84. The Labute approximate surface area is 86.0 Å². The van der Waals surface area contributed by atoms with Gasteiger partial charge in [-0.05, 0) is 17.7 Å². The van der Waals surface area contributed by atoms with E-state index in [4.69, 9.17) is 0 Å². The first-order chi connectivity index (χ1) is 6.07. The molecule has 1 fully saturated rings. The van der Waals surface area contributed by atoms with E-state index in [9.17, 15) is 8.42 Å². The number of rotatable bonds is 1. The van der Waals surface area contributed by atoms with E-state index in [0.29, 0.717) is 11.5 Å². The first-order valence-electron chi connectivity index (χ1n) is 4.03. The third-order valence-electron chi connectivity index (χ3n) is 2.23. The highest BCUT2D eigenvalue weighted by Crippen LogP contribution is 2.30. The number of hydrogen-bond donors (Lipinski definition) is 0. The molecule has 0 unspecified atom stereocenters. The quantitative estimate of drug-likeness (QED) is 0.774. The Hall–Kier alpha value is -0.350. The first-order valence-corrected chi connectivity index (χ1v) is 6.64. The maximum absolute atomic E-state index is 10.9. The van der Waals surface area contributed by atoms with Crippen LogP contribution in [0.5, 0.6) is 0 Å². The van der Waals surface area contributed by atoms with Crippen molar-refractivity contribution in [2.45, 2.75) is 5.92 Å². The first kappa shape index (κ1) is 9.21. The minimum Gasteiger partial charge on any atom is -0.229 e. The summed E-state index contributed by atoms with van der Waals surface area (Å²) in [4.78, 5) is 0. The van der Waals surface area contributed by atoms with Gasteiger partial charge in [0.15, 0.2) is 9.84 Å². The van der Waals surface area contributed by atoms with Gasteiger partial charge in [-0.3, -0.25) is 0 Å². The summed E-state index contributed by atoms with van der Waals surface area (Å²) in [5.74, 6) is 0.829. The van der Waals surface area contributed by atoms with Gasteiger partial charge < -0.3 is 0 Å². The summed E-state index contributed by atoms with van der Waals surface area (Å²) < 4.78 is 22.9. The molecule has 0 amide bonds. The van der Waals surface area contributed by atoms with E-state index in [1.54, 1.807) is 0 Å². The third kappa shape index (κ3) is 1.94. The molecule has 2 rings (SSSR count). The van der Waals surface area contributed by atoms with E-state index in [0.717, 1.165) is 10.0 Å². The summed E-state index contributed by atoms with van der Waals surface area (Å²) in [6.07, 6.45) is 0. The molecule has 0 spiro atoms. The van der Waals surface area contributed by atoms with E-state index in [2.05, 4.69) is 15.9 Å². The molecule has 1 aromatic rings. The lowest BCUT2D eigenvalue weighted by Gasteiger charge is -2.26. The lowest BCUT2D eigenvalue weighted by Crippen LogP contribution is -2.34. The largest absolute Gasteiger partial charge is 0.229 e. The van der Waals surface area contributed by atoms with Crippen LogP contribution in [0.15, 0.2) is 28.7 Å². The molecule has 1 aromatic carbocycles. The van der Waals surface area contributed by atoms with Crippen LogP contribution in [0.3, 0.4) is 0 Å². The van der Waals surface area contributed by atoms with E-state index in [1.807, 2.05) is 24.3 Å². The van der Waals surface area contributed by atoms with Crippen molar-refractivity contribution in [2.24, 2.45) is 0 Å². The summed E-state index contributed by atoms with van der Waals surface area (Å²) in [7, 11) is -2.71. The van der Waals surface area contributed by atoms with E-state index in [1.165, 1.54) is 0 Å². The SMILES string of the molecule is O=S1(=O)CC(c2cccc(Br)c2)C1. The Kier molecular flexibility index (Phi) is 2.20. The highest BCUT2D eigenvalue weighted by Gasteiger charge is 2.34. The van der Waals surface area contributed by atoms with Crippen LogP contribution in [-0.2, 0) is 9.84 Å². The molecule has 1 aliphatic rings. The average Bonchev–Trinajstić information content (AvgIpc) is 2.00. The summed E-state index contributed by atoms with van der Waals surface area (Å²) >= 11 is 3.36. The van der Waals surface area contributed by atoms with Gasteiger partial charge in [0.05, 0.1) is 11.5 Å². The van der Waals surface area contributed by atoms with E-state index < -0.39 is 9.84 Å². The molecule has 13 heavy (non-hydrogen) atoms. The molecular formula is C9H9BrO2S. The van der Waals surface area contributed by atoms with Crippen LogP contribution in [-0.4, -0.2) is 19.9 Å². The van der Waals surface area contributed by atoms with Gasteiger partial charge in [0.25, 0.3) is 0 Å². The van der Waals surface area contributed by atoms with Gasteiger partial charge in [-0.1, -0.05) is 28.1 Å². The molecule has 70 valence electrons. The molecule has 0 bridgehead atoms. The zero-order valence-corrected chi connectivity index (χ0v) is 9.31. The Balaban J connectivity index is 2.20. The van der Waals surface area contributed by atoms with Crippen LogP contribution in [0.1, 0.15) is 11.5 Å². The normalized spacial score (nSPS) is 21.0. The highest BCUT2D eigenvalue weighted by molar-refractivity contribution is 9.10. The van der Waals surface area contributed by atoms with Crippen molar-refractivity contribution in [3.63, 3.8) is 0 Å². The summed E-state index contributed by atoms with van der Waals surface area (Å²) in [5.41, 5.74) is 1.12. The molecule has 2 nitrogen and oxygen atoms in total. The Morgan fingerprint density at radius 2 is 2.00 bits per heavy atom. The van der Waals surface area contributed by atoms with Gasteiger partial charge in [0, 0.05) is 10.4 Å². The maximum Gasteiger partial charge on any atom is 0.151 e. The third-order valence-corrected chi connectivity index (χ3v) is 4.54. The summed E-state index contributed by atoms with van der Waals surface area (Å²) in [5, 5.41) is 0. The van der Waals surface area contributed by atoms with Crippen LogP contribution in [0.25, 0.3) is 0 Å². The van der Waals surface area contributed by atoms with Crippen LogP contribution in [0, 0.1) is 0 Å². The molecule has 0 saturated carbocycles. The fourth-order valence-corrected chi connectivity index (χ4v) is 3.45. The fraction of sp³-hybridized carbons (Fsp3) is 0.333. The van der Waals surface area contributed by atoms with Gasteiger partial charge in [0.2, 0.25) is 0 Å². The Bertz CT molecular complexity index is 413. The van der Waals surface area contributed by atoms with Crippen molar-refractivity contribution in [1.82, 2.24) is 0 Å². The lowest BCUT2D eigenvalue weighted by atomic mass is 10.0. The van der Waals surface area contributed by atoms with Crippen molar-refractivity contribution < 1.29 is 8.42 Å². The monoisotopic (exact) mass is 260 g/mol. The van der Waals surface area contributed by atoms with Gasteiger partial charge in [-0.2, -0.15) is 0 Å². The minimum absolute atomic E-state index is 0.211. The maximum atomic E-state index is 10.9. The topological polar surface area (TPSA) is 34.1 Å². The Morgan fingerprint density at radius 1 is 1.31 bits per heavy atom. The second-order valence-corrected chi connectivity index (χ2v) is 6.40. The van der Waals surface area contributed by atoms with Crippen LogP contribution >= 0.6 is 15.9 Å². The molecule has 1 aliphatic heterocycles. The zero-order chi connectivity index (χ0) is 9.47. The second-order valence-electron chi connectivity index (χ2n) is 3.33. The molecule has 0 aromatic heterocycles. The van der Waals surface area contributed by atoms with Crippen molar-refractivity contribution in [3.05, 3.63) is 34.3 Å². The molecule has 0 N–H and O–H groups in total. The predicted octanol–water partition coefficient (Wildman–Crippen LogP) is 1.96.